The van der Waals surface area contributed by atoms with Gasteiger partial charge in [0, 0.05) is 22.0 Å². The maximum atomic E-state index is 12.5. The summed E-state index contributed by atoms with van der Waals surface area (Å²) in [5.74, 6) is -0.171. The van der Waals surface area contributed by atoms with Crippen LogP contribution in [0.25, 0.3) is 10.6 Å². The number of carbonyl (C=O) groups is 1. The molecule has 7 heteroatoms. The quantitative estimate of drug-likeness (QED) is 0.855. The number of carbonyl (C=O) groups excluding carboxylic acids is 1. The van der Waals surface area contributed by atoms with Crippen LogP contribution < -0.4 is 5.32 Å². The standard InChI is InChI=1S/C17H15ClN4OS/c18-11-3-1-2-10(6-11)17-21-14(8-24-17)16(23)20-13-7-12-4-5-15(13)22(12)9-19/h1-3,6,8,12-13,15H,4-5,7H2,(H,20,23)/t12-,13+,15+/m0/s1. The summed E-state index contributed by atoms with van der Waals surface area (Å²) in [6.07, 6.45) is 5.11. The van der Waals surface area contributed by atoms with E-state index in [2.05, 4.69) is 16.5 Å². The fraction of sp³-hybridized carbons (Fsp3) is 0.353. The summed E-state index contributed by atoms with van der Waals surface area (Å²) in [6.45, 7) is 0. The third-order valence-corrected chi connectivity index (χ3v) is 5.90. The van der Waals surface area contributed by atoms with E-state index in [1.807, 2.05) is 29.2 Å². The number of fused-ring (bicyclic) bond motifs is 2. The predicted octanol–water partition coefficient (Wildman–Crippen LogP) is 3.28. The highest BCUT2D eigenvalue weighted by atomic mass is 35.5. The molecule has 2 aliphatic rings. The minimum Gasteiger partial charge on any atom is -0.346 e. The van der Waals surface area contributed by atoms with Crippen molar-refractivity contribution in [1.29, 1.82) is 5.26 Å². The number of nitriles is 1. The van der Waals surface area contributed by atoms with E-state index in [0.717, 1.165) is 29.8 Å². The Morgan fingerprint density at radius 1 is 1.46 bits per heavy atom. The third-order valence-electron chi connectivity index (χ3n) is 4.78. The Balaban J connectivity index is 1.48. The molecule has 4 rings (SSSR count). The van der Waals surface area contributed by atoms with Crippen LogP contribution in [0, 0.1) is 11.5 Å². The number of nitrogens with one attached hydrogen (secondary N) is 1. The van der Waals surface area contributed by atoms with Gasteiger partial charge in [-0.15, -0.1) is 11.3 Å². The van der Waals surface area contributed by atoms with Crippen LogP contribution in [0.3, 0.4) is 0 Å². The van der Waals surface area contributed by atoms with Crippen molar-refractivity contribution < 1.29 is 4.79 Å². The molecule has 3 atom stereocenters. The molecule has 122 valence electrons. The topological polar surface area (TPSA) is 69.0 Å². The first-order valence-electron chi connectivity index (χ1n) is 7.86. The van der Waals surface area contributed by atoms with Crippen molar-refractivity contribution in [2.75, 3.05) is 0 Å². The monoisotopic (exact) mass is 358 g/mol. The first-order chi connectivity index (χ1) is 11.7. The number of nitrogens with zero attached hydrogens (tertiary/aromatic N) is 3. The van der Waals surface area contributed by atoms with E-state index in [0.29, 0.717) is 10.7 Å². The van der Waals surface area contributed by atoms with Gasteiger partial charge in [0.2, 0.25) is 0 Å². The van der Waals surface area contributed by atoms with Gasteiger partial charge in [-0.1, -0.05) is 23.7 Å². The number of thiazole rings is 1. The molecule has 2 aromatic rings. The number of aromatic nitrogens is 1. The van der Waals surface area contributed by atoms with Crippen molar-refractivity contribution in [2.45, 2.75) is 37.4 Å². The second-order valence-electron chi connectivity index (χ2n) is 6.17. The summed E-state index contributed by atoms with van der Waals surface area (Å²) in [5, 5.41) is 15.4. The minimum atomic E-state index is -0.171. The third kappa shape index (κ3) is 2.64. The van der Waals surface area contributed by atoms with Crippen molar-refractivity contribution in [2.24, 2.45) is 0 Å². The van der Waals surface area contributed by atoms with Gasteiger partial charge in [0.1, 0.15) is 10.7 Å². The van der Waals surface area contributed by atoms with Gasteiger partial charge in [-0.05, 0) is 31.4 Å². The summed E-state index contributed by atoms with van der Waals surface area (Å²) in [6, 6.07) is 7.88. The summed E-state index contributed by atoms with van der Waals surface area (Å²) >= 11 is 7.43. The molecule has 1 aromatic carbocycles. The lowest BCUT2D eigenvalue weighted by atomic mass is 9.95. The second kappa shape index (κ2) is 6.08. The molecule has 0 radical (unpaired) electrons. The van der Waals surface area contributed by atoms with E-state index in [1.165, 1.54) is 11.3 Å². The molecule has 3 heterocycles. The molecule has 1 aromatic heterocycles. The number of hydrogen-bond acceptors (Lipinski definition) is 5. The van der Waals surface area contributed by atoms with Gasteiger partial charge in [-0.2, -0.15) is 5.26 Å². The first-order valence-corrected chi connectivity index (χ1v) is 9.12. The number of amides is 1. The highest BCUT2D eigenvalue weighted by molar-refractivity contribution is 7.13. The van der Waals surface area contributed by atoms with Gasteiger partial charge in [0.05, 0.1) is 12.1 Å². The lowest BCUT2D eigenvalue weighted by Crippen LogP contribution is -2.43. The van der Waals surface area contributed by atoms with Gasteiger partial charge < -0.3 is 10.2 Å². The zero-order valence-electron chi connectivity index (χ0n) is 12.8. The molecule has 5 nitrogen and oxygen atoms in total. The van der Waals surface area contributed by atoms with E-state index in [4.69, 9.17) is 11.6 Å². The maximum absolute atomic E-state index is 12.5. The molecular weight excluding hydrogens is 344 g/mol. The molecule has 0 aliphatic carbocycles. The lowest BCUT2D eigenvalue weighted by Gasteiger charge is -2.21. The van der Waals surface area contributed by atoms with Gasteiger partial charge in [0.25, 0.3) is 5.91 Å². The summed E-state index contributed by atoms with van der Waals surface area (Å²) < 4.78 is 0. The molecular formula is C17H15ClN4OS. The molecule has 2 aliphatic heterocycles. The van der Waals surface area contributed by atoms with Crippen molar-refractivity contribution in [3.63, 3.8) is 0 Å². The molecule has 1 N–H and O–H groups in total. The molecule has 0 saturated carbocycles. The van der Waals surface area contributed by atoms with E-state index in [1.54, 1.807) is 5.38 Å². The molecule has 1 amide bonds. The molecule has 2 bridgehead atoms. The van der Waals surface area contributed by atoms with Crippen LogP contribution in [0.5, 0.6) is 0 Å². The van der Waals surface area contributed by atoms with Crippen LogP contribution in [0.1, 0.15) is 29.8 Å². The van der Waals surface area contributed by atoms with E-state index >= 15 is 0 Å². The average molecular weight is 359 g/mol. The first kappa shape index (κ1) is 15.4. The largest absolute Gasteiger partial charge is 0.346 e. The molecule has 24 heavy (non-hydrogen) atoms. The van der Waals surface area contributed by atoms with Gasteiger partial charge in [-0.3, -0.25) is 4.79 Å². The van der Waals surface area contributed by atoms with Crippen molar-refractivity contribution in [1.82, 2.24) is 15.2 Å². The summed E-state index contributed by atoms with van der Waals surface area (Å²) in [5.41, 5.74) is 1.32. The summed E-state index contributed by atoms with van der Waals surface area (Å²) in [4.78, 5) is 18.8. The predicted molar refractivity (Wildman–Crippen MR) is 92.7 cm³/mol. The molecule has 2 saturated heterocycles. The van der Waals surface area contributed by atoms with Gasteiger partial charge in [0.15, 0.2) is 6.19 Å². The number of benzene rings is 1. The summed E-state index contributed by atoms with van der Waals surface area (Å²) in [7, 11) is 0. The zero-order chi connectivity index (χ0) is 16.7. The number of halogens is 1. The van der Waals surface area contributed by atoms with Crippen LogP contribution in [0.2, 0.25) is 5.02 Å². The normalized spacial score (nSPS) is 24.8. The van der Waals surface area contributed by atoms with E-state index < -0.39 is 0 Å². The Bertz CT molecular complexity index is 830. The Kier molecular flexibility index (Phi) is 3.91. The van der Waals surface area contributed by atoms with Crippen LogP contribution in [-0.4, -0.2) is 33.9 Å². The maximum Gasteiger partial charge on any atom is 0.271 e. The highest BCUT2D eigenvalue weighted by Gasteiger charge is 2.46. The van der Waals surface area contributed by atoms with Crippen LogP contribution in [0.4, 0.5) is 0 Å². The fourth-order valence-corrected chi connectivity index (χ4v) is 4.66. The Labute approximate surface area is 148 Å². The van der Waals surface area contributed by atoms with Crippen molar-refractivity contribution in [3.8, 4) is 16.8 Å². The fourth-order valence-electron chi connectivity index (χ4n) is 3.67. The van der Waals surface area contributed by atoms with Crippen molar-refractivity contribution >= 4 is 28.8 Å². The number of rotatable bonds is 3. The van der Waals surface area contributed by atoms with Crippen molar-refractivity contribution in [3.05, 3.63) is 40.4 Å². The molecule has 0 spiro atoms. The van der Waals surface area contributed by atoms with E-state index in [9.17, 15) is 10.1 Å². The highest BCUT2D eigenvalue weighted by Crippen LogP contribution is 2.37. The Morgan fingerprint density at radius 3 is 3.08 bits per heavy atom. The second-order valence-corrected chi connectivity index (χ2v) is 7.46. The Morgan fingerprint density at radius 2 is 2.33 bits per heavy atom. The van der Waals surface area contributed by atoms with E-state index in [-0.39, 0.29) is 24.0 Å². The molecule has 2 fully saturated rings. The Hall–Kier alpha value is -2.10. The number of hydrogen-bond donors (Lipinski definition) is 1. The van der Waals surface area contributed by atoms with Gasteiger partial charge in [-0.25, -0.2) is 4.98 Å². The van der Waals surface area contributed by atoms with Crippen LogP contribution in [-0.2, 0) is 0 Å². The van der Waals surface area contributed by atoms with Gasteiger partial charge >= 0.3 is 0 Å². The van der Waals surface area contributed by atoms with Crippen LogP contribution in [0.15, 0.2) is 29.6 Å². The zero-order valence-corrected chi connectivity index (χ0v) is 14.3. The minimum absolute atomic E-state index is 0.0345. The lowest BCUT2D eigenvalue weighted by molar-refractivity contribution is 0.0924. The SMILES string of the molecule is N#CN1[C@H]2CC[C@@H]1[C@H](NC(=O)c1csc(-c3cccc(Cl)c3)n1)C2. The smallest absolute Gasteiger partial charge is 0.271 e. The van der Waals surface area contributed by atoms with Crippen LogP contribution >= 0.6 is 22.9 Å². The average Bonchev–Trinajstić information content (AvgIpc) is 3.28. The molecule has 0 unspecified atom stereocenters.